The summed E-state index contributed by atoms with van der Waals surface area (Å²) in [4.78, 5) is 34.3. The summed E-state index contributed by atoms with van der Waals surface area (Å²) in [5.41, 5.74) is 0. The van der Waals surface area contributed by atoms with Gasteiger partial charge in [-0.1, -0.05) is 109 Å². The highest BCUT2D eigenvalue weighted by atomic mass is 31.2. The molecule has 8 nitrogen and oxygen atoms in total. The number of allylic oxidation sites excluding steroid dienone is 2. The molecule has 0 aromatic rings. The fourth-order valence-corrected chi connectivity index (χ4v) is 4.97. The van der Waals surface area contributed by atoms with Gasteiger partial charge >= 0.3 is 19.8 Å². The predicted molar refractivity (Wildman–Crippen MR) is 161 cm³/mol. The van der Waals surface area contributed by atoms with Crippen molar-refractivity contribution in [2.45, 2.75) is 155 Å². The second-order valence-corrected chi connectivity index (χ2v) is 11.9. The summed E-state index contributed by atoms with van der Waals surface area (Å²) in [6, 6.07) is 0. The van der Waals surface area contributed by atoms with Crippen LogP contribution in [0.15, 0.2) is 12.2 Å². The van der Waals surface area contributed by atoms with Gasteiger partial charge in [-0.25, -0.2) is 4.57 Å². The van der Waals surface area contributed by atoms with Gasteiger partial charge in [0.2, 0.25) is 0 Å². The van der Waals surface area contributed by atoms with E-state index in [-0.39, 0.29) is 25.6 Å². The highest BCUT2D eigenvalue weighted by molar-refractivity contribution is 7.47. The third-order valence-electron chi connectivity index (χ3n) is 6.55. The van der Waals surface area contributed by atoms with E-state index < -0.39 is 26.5 Å². The first-order valence-electron chi connectivity index (χ1n) is 16.0. The molecule has 0 aromatic carbocycles. The molecule has 9 heteroatoms. The number of phosphoric ester groups is 1. The molecule has 1 N–H and O–H groups in total. The van der Waals surface area contributed by atoms with E-state index in [0.29, 0.717) is 12.8 Å². The maximum Gasteiger partial charge on any atom is 0.472 e. The Morgan fingerprint density at radius 3 is 1.75 bits per heavy atom. The van der Waals surface area contributed by atoms with Crippen molar-refractivity contribution in [2.75, 3.05) is 19.8 Å². The van der Waals surface area contributed by atoms with Crippen LogP contribution < -0.4 is 0 Å². The van der Waals surface area contributed by atoms with Gasteiger partial charge in [0.05, 0.1) is 13.2 Å². The zero-order valence-corrected chi connectivity index (χ0v) is 26.6. The normalized spacial score (nSPS) is 13.8. The second kappa shape index (κ2) is 27.9. The van der Waals surface area contributed by atoms with E-state index in [4.69, 9.17) is 18.5 Å². The van der Waals surface area contributed by atoms with Crippen molar-refractivity contribution in [3.05, 3.63) is 12.2 Å². The number of hydrogen-bond donors (Lipinski definition) is 1. The zero-order valence-electron chi connectivity index (χ0n) is 25.7. The summed E-state index contributed by atoms with van der Waals surface area (Å²) in [6.07, 6.45) is 24.2. The van der Waals surface area contributed by atoms with Crippen molar-refractivity contribution in [3.8, 4) is 0 Å². The van der Waals surface area contributed by atoms with Gasteiger partial charge in [-0.05, 0) is 39.0 Å². The number of hydrogen-bond acceptors (Lipinski definition) is 7. The molecule has 0 aliphatic carbocycles. The smallest absolute Gasteiger partial charge is 0.462 e. The number of esters is 2. The lowest BCUT2D eigenvalue weighted by atomic mass is 10.1. The van der Waals surface area contributed by atoms with Gasteiger partial charge in [0.1, 0.15) is 6.61 Å². The number of unbranched alkanes of at least 4 members (excludes halogenated alkanes) is 15. The molecule has 0 aliphatic heterocycles. The fourth-order valence-electron chi connectivity index (χ4n) is 4.22. The maximum absolute atomic E-state index is 12.4. The molecule has 0 aromatic heterocycles. The summed E-state index contributed by atoms with van der Waals surface area (Å²) in [5, 5.41) is 0. The minimum absolute atomic E-state index is 0.00109. The third-order valence-corrected chi connectivity index (χ3v) is 7.61. The Morgan fingerprint density at radius 1 is 0.650 bits per heavy atom. The highest BCUT2D eigenvalue weighted by Gasteiger charge is 2.25. The molecule has 40 heavy (non-hydrogen) atoms. The standard InChI is InChI=1S/C31H59O8P/c1-4-7-9-11-13-15-17-19-21-23-25-30(32)36-27-29(28-38-40(34,35)37-6-3)39-31(33)26-24-22-20-18-16-14-12-10-8-5-2/h10,12,29H,4-9,11,13-28H2,1-3H3,(H,34,35)/b12-10-. The van der Waals surface area contributed by atoms with Crippen molar-refractivity contribution in [1.82, 2.24) is 0 Å². The van der Waals surface area contributed by atoms with Gasteiger partial charge in [-0.3, -0.25) is 18.6 Å². The minimum Gasteiger partial charge on any atom is -0.462 e. The van der Waals surface area contributed by atoms with Crippen LogP contribution in [0, 0.1) is 0 Å². The van der Waals surface area contributed by atoms with Crippen LogP contribution in [0.1, 0.15) is 149 Å². The predicted octanol–water partition coefficient (Wildman–Crippen LogP) is 8.99. The van der Waals surface area contributed by atoms with Crippen LogP contribution in [-0.4, -0.2) is 42.8 Å². The lowest BCUT2D eigenvalue weighted by molar-refractivity contribution is -0.161. The molecule has 0 radical (unpaired) electrons. The van der Waals surface area contributed by atoms with Gasteiger partial charge in [0, 0.05) is 12.8 Å². The van der Waals surface area contributed by atoms with Crippen molar-refractivity contribution in [1.29, 1.82) is 0 Å². The Labute approximate surface area is 244 Å². The molecule has 0 saturated carbocycles. The average Bonchev–Trinajstić information content (AvgIpc) is 2.92. The molecule has 0 saturated heterocycles. The van der Waals surface area contributed by atoms with Gasteiger partial charge in [-0.2, -0.15) is 0 Å². The molecule has 0 aliphatic rings. The average molecular weight is 591 g/mol. The van der Waals surface area contributed by atoms with Gasteiger partial charge < -0.3 is 14.4 Å². The SMILES string of the molecule is CCC/C=C\CCCCCCCC(=O)OC(COC(=O)CCCCCCCCCCCC)COP(=O)(O)OCC. The van der Waals surface area contributed by atoms with Crippen LogP contribution in [0.3, 0.4) is 0 Å². The van der Waals surface area contributed by atoms with Crippen LogP contribution in [0.25, 0.3) is 0 Å². The Kier molecular flexibility index (Phi) is 27.1. The van der Waals surface area contributed by atoms with Crippen molar-refractivity contribution in [3.63, 3.8) is 0 Å². The Balaban J connectivity index is 4.26. The Bertz CT molecular complexity index is 682. The molecule has 0 fully saturated rings. The summed E-state index contributed by atoms with van der Waals surface area (Å²) < 4.78 is 32.3. The number of ether oxygens (including phenoxy) is 2. The molecule has 0 rings (SSSR count). The lowest BCUT2D eigenvalue weighted by Crippen LogP contribution is -2.29. The van der Waals surface area contributed by atoms with Gasteiger partial charge in [0.25, 0.3) is 0 Å². The molecule has 0 spiro atoms. The monoisotopic (exact) mass is 590 g/mol. The Hall–Kier alpha value is -1.21. The molecule has 0 amide bonds. The summed E-state index contributed by atoms with van der Waals surface area (Å²) in [5.74, 6) is -0.812. The molecule has 2 atom stereocenters. The van der Waals surface area contributed by atoms with Crippen molar-refractivity contribution < 1.29 is 37.6 Å². The van der Waals surface area contributed by atoms with E-state index in [2.05, 4.69) is 26.0 Å². The van der Waals surface area contributed by atoms with E-state index in [0.717, 1.165) is 57.8 Å². The first-order valence-corrected chi connectivity index (χ1v) is 17.5. The second-order valence-electron chi connectivity index (χ2n) is 10.5. The summed E-state index contributed by atoms with van der Waals surface area (Å²) in [7, 11) is -4.26. The first-order chi connectivity index (χ1) is 19.3. The van der Waals surface area contributed by atoms with E-state index >= 15 is 0 Å². The lowest BCUT2D eigenvalue weighted by Gasteiger charge is -2.19. The van der Waals surface area contributed by atoms with Crippen LogP contribution in [-0.2, 0) is 32.7 Å². The first kappa shape index (κ1) is 38.8. The quantitative estimate of drug-likeness (QED) is 0.0398. The molecule has 0 heterocycles. The maximum atomic E-state index is 12.4. The van der Waals surface area contributed by atoms with Crippen LogP contribution in [0.2, 0.25) is 0 Å². The summed E-state index contributed by atoms with van der Waals surface area (Å²) in [6.45, 7) is 5.35. The van der Waals surface area contributed by atoms with Crippen molar-refractivity contribution >= 4 is 19.8 Å². The molecule has 236 valence electrons. The topological polar surface area (TPSA) is 108 Å². The van der Waals surface area contributed by atoms with Gasteiger partial charge in [-0.15, -0.1) is 0 Å². The highest BCUT2D eigenvalue weighted by Crippen LogP contribution is 2.43. The van der Waals surface area contributed by atoms with E-state index in [1.54, 1.807) is 6.92 Å². The third kappa shape index (κ3) is 27.0. The van der Waals surface area contributed by atoms with E-state index in [1.807, 2.05) is 0 Å². The van der Waals surface area contributed by atoms with Crippen LogP contribution >= 0.6 is 7.82 Å². The number of carbonyl (C=O) groups excluding carboxylic acids is 2. The molecular weight excluding hydrogens is 531 g/mol. The van der Waals surface area contributed by atoms with Gasteiger partial charge in [0.15, 0.2) is 6.10 Å². The molecule has 2 unspecified atom stereocenters. The minimum atomic E-state index is -4.26. The van der Waals surface area contributed by atoms with E-state index in [1.165, 1.54) is 51.4 Å². The molecular formula is C31H59O8P. The van der Waals surface area contributed by atoms with E-state index in [9.17, 15) is 19.0 Å². The molecule has 0 bridgehead atoms. The van der Waals surface area contributed by atoms with Crippen LogP contribution in [0.5, 0.6) is 0 Å². The number of carbonyl (C=O) groups is 2. The number of phosphoric acid groups is 1. The fraction of sp³-hybridized carbons (Fsp3) is 0.871. The summed E-state index contributed by atoms with van der Waals surface area (Å²) >= 11 is 0. The Morgan fingerprint density at radius 2 is 1.18 bits per heavy atom. The largest absolute Gasteiger partial charge is 0.472 e. The van der Waals surface area contributed by atoms with Crippen molar-refractivity contribution in [2.24, 2.45) is 0 Å². The van der Waals surface area contributed by atoms with Crippen LogP contribution in [0.4, 0.5) is 0 Å². The number of rotatable bonds is 29. The zero-order chi connectivity index (χ0) is 29.7.